The van der Waals surface area contributed by atoms with E-state index in [0.29, 0.717) is 0 Å². The number of anilines is 1. The molecule has 2 aromatic rings. The average Bonchev–Trinajstić information content (AvgIpc) is 2.56. The van der Waals surface area contributed by atoms with E-state index < -0.39 is 4.92 Å². The van der Waals surface area contributed by atoms with Crippen molar-refractivity contribution in [3.05, 3.63) is 75.5 Å². The van der Waals surface area contributed by atoms with E-state index in [4.69, 9.17) is 5.73 Å². The number of nitro benzene ring substituents is 1. The van der Waals surface area contributed by atoms with Crippen molar-refractivity contribution in [3.8, 4) is 0 Å². The molecular weight excluding hydrogens is 290 g/mol. The van der Waals surface area contributed by atoms with E-state index in [1.165, 1.54) is 11.6 Å². The van der Waals surface area contributed by atoms with Gasteiger partial charge in [0.1, 0.15) is 5.69 Å². The maximum absolute atomic E-state index is 10.9. The zero-order valence-corrected chi connectivity index (χ0v) is 12.8. The van der Waals surface area contributed by atoms with Crippen molar-refractivity contribution in [1.29, 1.82) is 0 Å². The number of nitrogens with zero attached hydrogens (tertiary/aromatic N) is 2. The summed E-state index contributed by atoms with van der Waals surface area (Å²) < 4.78 is 0. The highest BCUT2D eigenvalue weighted by atomic mass is 16.6. The normalized spacial score (nSPS) is 13.0. The molecule has 5 heteroatoms. The second-order valence-corrected chi connectivity index (χ2v) is 5.70. The number of nitrogen functional groups attached to an aromatic ring is 1. The van der Waals surface area contributed by atoms with Gasteiger partial charge in [-0.05, 0) is 36.1 Å². The average molecular weight is 309 g/mol. The van der Waals surface area contributed by atoms with Crippen LogP contribution in [0.25, 0.3) is 6.08 Å². The number of hydrogen-bond donors (Lipinski definition) is 1. The van der Waals surface area contributed by atoms with Crippen LogP contribution in [0.5, 0.6) is 0 Å². The van der Waals surface area contributed by atoms with E-state index in [1.54, 1.807) is 6.07 Å². The molecule has 2 N–H and O–H groups in total. The number of aryl methyl sites for hydroxylation is 1. The van der Waals surface area contributed by atoms with Gasteiger partial charge in [-0.25, -0.2) is 0 Å². The Morgan fingerprint density at radius 2 is 1.96 bits per heavy atom. The molecule has 0 spiro atoms. The molecule has 3 rings (SSSR count). The van der Waals surface area contributed by atoms with Crippen molar-refractivity contribution in [3.63, 3.8) is 0 Å². The minimum absolute atomic E-state index is 0.0223. The molecular formula is C18H19N3O2. The van der Waals surface area contributed by atoms with Crippen LogP contribution in [-0.4, -0.2) is 16.4 Å². The summed E-state index contributed by atoms with van der Waals surface area (Å²) >= 11 is 0. The lowest BCUT2D eigenvalue weighted by atomic mass is 10.0. The second kappa shape index (κ2) is 6.52. The lowest BCUT2D eigenvalue weighted by Crippen LogP contribution is -2.22. The van der Waals surface area contributed by atoms with Gasteiger partial charge < -0.3 is 10.6 Å². The highest BCUT2D eigenvalue weighted by molar-refractivity contribution is 5.76. The van der Waals surface area contributed by atoms with Crippen LogP contribution in [-0.2, 0) is 13.0 Å². The summed E-state index contributed by atoms with van der Waals surface area (Å²) in [6.45, 7) is 1.69. The highest BCUT2D eigenvalue weighted by Gasteiger charge is 2.20. The molecule has 23 heavy (non-hydrogen) atoms. The second-order valence-electron chi connectivity index (χ2n) is 5.70. The monoisotopic (exact) mass is 309 g/mol. The molecule has 0 fully saturated rings. The molecule has 0 amide bonds. The van der Waals surface area contributed by atoms with Crippen molar-refractivity contribution in [2.24, 2.45) is 0 Å². The lowest BCUT2D eigenvalue weighted by molar-refractivity contribution is -0.383. The first-order chi connectivity index (χ1) is 11.1. The summed E-state index contributed by atoms with van der Waals surface area (Å²) in [4.78, 5) is 12.7. The van der Waals surface area contributed by atoms with E-state index in [2.05, 4.69) is 29.2 Å². The standard InChI is InChI=1S/C18H19N3O2/c19-18-16-10-12-20(11-4-7-14-5-2-1-3-6-14)13-15(16)8-9-17(18)21(22)23/h1-3,5-6,8-10,12H,4,7,11,13,19H2. The number of rotatable bonds is 5. The van der Waals surface area contributed by atoms with Crippen molar-refractivity contribution in [2.75, 3.05) is 12.3 Å². The molecule has 1 aliphatic rings. The summed E-state index contributed by atoms with van der Waals surface area (Å²) in [5, 5.41) is 10.9. The van der Waals surface area contributed by atoms with Crippen molar-refractivity contribution in [2.45, 2.75) is 19.4 Å². The van der Waals surface area contributed by atoms with E-state index in [9.17, 15) is 10.1 Å². The highest BCUT2D eigenvalue weighted by Crippen LogP contribution is 2.32. The number of benzene rings is 2. The van der Waals surface area contributed by atoms with Gasteiger partial charge in [0.2, 0.25) is 0 Å². The molecule has 1 aliphatic heterocycles. The van der Waals surface area contributed by atoms with Gasteiger partial charge in [0.25, 0.3) is 5.69 Å². The summed E-state index contributed by atoms with van der Waals surface area (Å²) in [7, 11) is 0. The Balaban J connectivity index is 1.63. The maximum Gasteiger partial charge on any atom is 0.292 e. The van der Waals surface area contributed by atoms with Gasteiger partial charge in [-0.1, -0.05) is 30.3 Å². The smallest absolute Gasteiger partial charge is 0.292 e. The fraction of sp³-hybridized carbons (Fsp3) is 0.222. The Kier molecular flexibility index (Phi) is 4.28. The van der Waals surface area contributed by atoms with Crippen molar-refractivity contribution >= 4 is 17.5 Å². The van der Waals surface area contributed by atoms with E-state index >= 15 is 0 Å². The topological polar surface area (TPSA) is 72.4 Å². The zero-order valence-electron chi connectivity index (χ0n) is 12.8. The van der Waals surface area contributed by atoms with Crippen molar-refractivity contribution < 1.29 is 4.92 Å². The predicted molar refractivity (Wildman–Crippen MR) is 91.7 cm³/mol. The molecule has 0 aliphatic carbocycles. The van der Waals surface area contributed by atoms with Crippen LogP contribution in [0.15, 0.2) is 48.7 Å². The molecule has 5 nitrogen and oxygen atoms in total. The molecule has 0 saturated heterocycles. The Labute approximate surface area is 135 Å². The van der Waals surface area contributed by atoms with Gasteiger partial charge in [0.05, 0.1) is 4.92 Å². The van der Waals surface area contributed by atoms with Crippen LogP contribution in [0.4, 0.5) is 11.4 Å². The van der Waals surface area contributed by atoms with Gasteiger partial charge in [0.15, 0.2) is 0 Å². The van der Waals surface area contributed by atoms with Gasteiger partial charge >= 0.3 is 0 Å². The first-order valence-corrected chi connectivity index (χ1v) is 7.67. The minimum Gasteiger partial charge on any atom is -0.393 e. The van der Waals surface area contributed by atoms with Gasteiger partial charge in [-0.2, -0.15) is 0 Å². The lowest BCUT2D eigenvalue weighted by Gasteiger charge is -2.26. The number of hydrogen-bond acceptors (Lipinski definition) is 4. The third-order valence-corrected chi connectivity index (χ3v) is 4.13. The molecule has 0 atom stereocenters. The fourth-order valence-electron chi connectivity index (χ4n) is 2.90. The summed E-state index contributed by atoms with van der Waals surface area (Å²) in [5.74, 6) is 0. The molecule has 0 aromatic heterocycles. The first-order valence-electron chi connectivity index (χ1n) is 7.67. The van der Waals surface area contributed by atoms with Gasteiger partial charge in [0, 0.05) is 30.9 Å². The number of nitro groups is 1. The Morgan fingerprint density at radius 1 is 1.17 bits per heavy atom. The minimum atomic E-state index is -0.435. The Morgan fingerprint density at radius 3 is 2.70 bits per heavy atom. The largest absolute Gasteiger partial charge is 0.393 e. The van der Waals surface area contributed by atoms with Crippen molar-refractivity contribution in [1.82, 2.24) is 4.90 Å². The molecule has 0 radical (unpaired) electrons. The molecule has 118 valence electrons. The summed E-state index contributed by atoms with van der Waals surface area (Å²) in [6, 6.07) is 13.7. The third-order valence-electron chi connectivity index (χ3n) is 4.13. The zero-order chi connectivity index (χ0) is 16.2. The molecule has 0 saturated carbocycles. The quantitative estimate of drug-likeness (QED) is 0.520. The van der Waals surface area contributed by atoms with Crippen LogP contribution >= 0.6 is 0 Å². The van der Waals surface area contributed by atoms with Crippen LogP contribution in [0, 0.1) is 10.1 Å². The van der Waals surface area contributed by atoms with Crippen LogP contribution in [0.2, 0.25) is 0 Å². The van der Waals surface area contributed by atoms with Crippen LogP contribution < -0.4 is 5.73 Å². The molecule has 1 heterocycles. The first kappa shape index (κ1) is 15.1. The van der Waals surface area contributed by atoms with Crippen LogP contribution in [0.3, 0.4) is 0 Å². The van der Waals surface area contributed by atoms with Gasteiger partial charge in [-0.3, -0.25) is 10.1 Å². The Bertz CT molecular complexity index is 741. The van der Waals surface area contributed by atoms with E-state index in [0.717, 1.165) is 37.1 Å². The molecule has 0 unspecified atom stereocenters. The summed E-state index contributed by atoms with van der Waals surface area (Å²) in [6.07, 6.45) is 5.96. The fourth-order valence-corrected chi connectivity index (χ4v) is 2.90. The summed E-state index contributed by atoms with van der Waals surface area (Å²) in [5.41, 5.74) is 9.31. The van der Waals surface area contributed by atoms with Gasteiger partial charge in [-0.15, -0.1) is 0 Å². The SMILES string of the molecule is Nc1c([N+](=O)[O-])ccc2c1C=CN(CCCc1ccccc1)C2. The molecule has 0 bridgehead atoms. The maximum atomic E-state index is 10.9. The van der Waals surface area contributed by atoms with E-state index in [1.807, 2.05) is 18.3 Å². The molecule has 2 aromatic carbocycles. The number of fused-ring (bicyclic) bond motifs is 1. The number of nitrogens with two attached hydrogens (primary N) is 1. The predicted octanol–water partition coefficient (Wildman–Crippen LogP) is 3.60. The van der Waals surface area contributed by atoms with E-state index in [-0.39, 0.29) is 11.4 Å². The van der Waals surface area contributed by atoms with Crippen LogP contribution in [0.1, 0.15) is 23.1 Å². The third kappa shape index (κ3) is 3.34. The Hall–Kier alpha value is -2.82.